The van der Waals surface area contributed by atoms with E-state index >= 15 is 0 Å². The number of alkyl halides is 3. The summed E-state index contributed by atoms with van der Waals surface area (Å²) in [5.41, 5.74) is 3.79. The van der Waals surface area contributed by atoms with Gasteiger partial charge in [-0.05, 0) is 60.9 Å². The molecular formula is C28H27F3N6OS. The van der Waals surface area contributed by atoms with Gasteiger partial charge in [0.05, 0.1) is 18.2 Å². The second-order valence-electron chi connectivity index (χ2n) is 9.20. The number of halogens is 3. The number of nitrogens with zero attached hydrogens (tertiary/aromatic N) is 3. The molecule has 7 nitrogen and oxygen atoms in total. The van der Waals surface area contributed by atoms with E-state index in [4.69, 9.17) is 4.74 Å². The molecule has 0 bridgehead atoms. The van der Waals surface area contributed by atoms with Gasteiger partial charge in [0.2, 0.25) is 5.13 Å². The Morgan fingerprint density at radius 3 is 2.59 bits per heavy atom. The van der Waals surface area contributed by atoms with Gasteiger partial charge in [-0.1, -0.05) is 41.7 Å². The van der Waals surface area contributed by atoms with Crippen molar-refractivity contribution in [1.29, 1.82) is 0 Å². The Bertz CT molecular complexity index is 1550. The van der Waals surface area contributed by atoms with E-state index in [2.05, 4.69) is 31.0 Å². The fourth-order valence-corrected chi connectivity index (χ4v) is 5.02. The normalized spacial score (nSPS) is 12.5. The van der Waals surface area contributed by atoms with Crippen molar-refractivity contribution >= 4 is 27.4 Å². The molecule has 0 aliphatic rings. The summed E-state index contributed by atoms with van der Waals surface area (Å²) in [7, 11) is 1.61. The van der Waals surface area contributed by atoms with E-state index in [0.29, 0.717) is 30.2 Å². The van der Waals surface area contributed by atoms with Crippen LogP contribution in [0.25, 0.3) is 21.5 Å². The van der Waals surface area contributed by atoms with Crippen molar-refractivity contribution in [2.45, 2.75) is 32.1 Å². The molecule has 0 aliphatic heterocycles. The molecule has 5 rings (SSSR count). The Hall–Kier alpha value is -3.96. The van der Waals surface area contributed by atoms with Crippen molar-refractivity contribution in [1.82, 2.24) is 25.7 Å². The molecule has 2 aromatic heterocycles. The van der Waals surface area contributed by atoms with Gasteiger partial charge in [-0.3, -0.25) is 5.10 Å². The van der Waals surface area contributed by atoms with Crippen molar-refractivity contribution in [3.63, 3.8) is 0 Å². The lowest BCUT2D eigenvalue weighted by atomic mass is 10.0. The molecule has 0 aliphatic carbocycles. The molecule has 202 valence electrons. The van der Waals surface area contributed by atoms with Gasteiger partial charge in [-0.2, -0.15) is 18.3 Å². The summed E-state index contributed by atoms with van der Waals surface area (Å²) in [6.45, 7) is 2.96. The molecule has 1 unspecified atom stereocenters. The topological polar surface area (TPSA) is 87.8 Å². The van der Waals surface area contributed by atoms with Crippen LogP contribution in [-0.2, 0) is 19.1 Å². The van der Waals surface area contributed by atoms with Crippen molar-refractivity contribution < 1.29 is 17.9 Å². The van der Waals surface area contributed by atoms with Crippen LogP contribution in [0.3, 0.4) is 0 Å². The summed E-state index contributed by atoms with van der Waals surface area (Å²) in [6, 6.07) is 18.9. The Labute approximate surface area is 227 Å². The Morgan fingerprint density at radius 1 is 1.00 bits per heavy atom. The summed E-state index contributed by atoms with van der Waals surface area (Å²) in [4.78, 5) is 0. The standard InChI is InChI=1S/C28H27F3N6OS/c1-17-24-14-20(8-11-25(24)35-34-17)26-36-37-27(39-26)33-16-22(32-15-18-6-9-23(38-2)10-7-18)13-19-4-3-5-21(12-19)28(29,30)31/h3-12,14,22,32H,13,15-16H2,1-2H3,(H,33,37)(H,34,35). The van der Waals surface area contributed by atoms with Gasteiger partial charge in [0.15, 0.2) is 0 Å². The molecule has 0 amide bonds. The van der Waals surface area contributed by atoms with Crippen LogP contribution < -0.4 is 15.4 Å². The summed E-state index contributed by atoms with van der Waals surface area (Å²) in [5.74, 6) is 0.759. The van der Waals surface area contributed by atoms with Crippen LogP contribution in [0.15, 0.2) is 66.7 Å². The number of aromatic nitrogens is 4. The van der Waals surface area contributed by atoms with E-state index in [1.54, 1.807) is 13.2 Å². The van der Waals surface area contributed by atoms with E-state index in [-0.39, 0.29) is 6.04 Å². The molecule has 2 heterocycles. The van der Waals surface area contributed by atoms with E-state index in [1.165, 1.54) is 23.5 Å². The molecule has 3 N–H and O–H groups in total. The highest BCUT2D eigenvalue weighted by molar-refractivity contribution is 7.18. The lowest BCUT2D eigenvalue weighted by Crippen LogP contribution is -2.37. The third-order valence-corrected chi connectivity index (χ3v) is 7.34. The third kappa shape index (κ3) is 6.55. The molecule has 0 fully saturated rings. The van der Waals surface area contributed by atoms with E-state index in [9.17, 15) is 13.2 Å². The fourth-order valence-electron chi connectivity index (χ4n) is 4.27. The average molecular weight is 553 g/mol. The lowest BCUT2D eigenvalue weighted by Gasteiger charge is -2.20. The van der Waals surface area contributed by atoms with Gasteiger partial charge in [-0.25, -0.2) is 0 Å². The maximum absolute atomic E-state index is 13.3. The molecule has 0 saturated carbocycles. The minimum absolute atomic E-state index is 0.173. The smallest absolute Gasteiger partial charge is 0.416 e. The van der Waals surface area contributed by atoms with E-state index in [0.717, 1.165) is 44.5 Å². The van der Waals surface area contributed by atoms with Gasteiger partial charge in [-0.15, -0.1) is 10.2 Å². The van der Waals surface area contributed by atoms with Gasteiger partial charge < -0.3 is 15.4 Å². The number of ether oxygens (including phenoxy) is 1. The summed E-state index contributed by atoms with van der Waals surface area (Å²) < 4.78 is 45.1. The molecule has 0 saturated heterocycles. The molecule has 1 atom stereocenters. The molecule has 39 heavy (non-hydrogen) atoms. The molecule has 5 aromatic rings. The zero-order chi connectivity index (χ0) is 27.4. The SMILES string of the molecule is COc1ccc(CNC(CNc2nnc(-c3ccc4n[nH]c(C)c4c3)s2)Cc2cccc(C(F)(F)F)c2)cc1. The molecule has 11 heteroatoms. The number of nitrogens with one attached hydrogen (secondary N) is 3. The number of hydrogen-bond donors (Lipinski definition) is 3. The maximum atomic E-state index is 13.3. The monoisotopic (exact) mass is 552 g/mol. The zero-order valence-electron chi connectivity index (χ0n) is 21.3. The quantitative estimate of drug-likeness (QED) is 0.190. The van der Waals surface area contributed by atoms with Gasteiger partial charge in [0.25, 0.3) is 0 Å². The van der Waals surface area contributed by atoms with Crippen LogP contribution in [-0.4, -0.2) is 40.1 Å². The van der Waals surface area contributed by atoms with Crippen LogP contribution in [0, 0.1) is 6.92 Å². The Balaban J connectivity index is 1.30. The molecular weight excluding hydrogens is 525 g/mol. The second-order valence-corrected chi connectivity index (χ2v) is 10.2. The number of fused-ring (bicyclic) bond motifs is 1. The predicted octanol–water partition coefficient (Wildman–Crippen LogP) is 6.23. The molecule has 0 radical (unpaired) electrons. The minimum Gasteiger partial charge on any atom is -0.497 e. The van der Waals surface area contributed by atoms with Crippen LogP contribution in [0.1, 0.15) is 22.4 Å². The first-order chi connectivity index (χ1) is 18.8. The largest absolute Gasteiger partial charge is 0.497 e. The minimum atomic E-state index is -4.39. The van der Waals surface area contributed by atoms with Crippen LogP contribution in [0.2, 0.25) is 0 Å². The molecule has 0 spiro atoms. The number of anilines is 1. The number of H-pyrrole nitrogens is 1. The van der Waals surface area contributed by atoms with Gasteiger partial charge >= 0.3 is 6.18 Å². The van der Waals surface area contributed by atoms with Crippen molar-refractivity contribution in [3.8, 4) is 16.3 Å². The number of benzene rings is 3. The number of rotatable bonds is 10. The highest BCUT2D eigenvalue weighted by Crippen LogP contribution is 2.31. The fraction of sp³-hybridized carbons (Fsp3) is 0.250. The average Bonchev–Trinajstić information content (AvgIpc) is 3.57. The first kappa shape index (κ1) is 26.6. The van der Waals surface area contributed by atoms with Gasteiger partial charge in [0, 0.05) is 35.8 Å². The van der Waals surface area contributed by atoms with Crippen LogP contribution >= 0.6 is 11.3 Å². The first-order valence-electron chi connectivity index (χ1n) is 12.3. The van der Waals surface area contributed by atoms with Crippen molar-refractivity contribution in [2.24, 2.45) is 0 Å². The van der Waals surface area contributed by atoms with Crippen molar-refractivity contribution in [2.75, 3.05) is 19.0 Å². The van der Waals surface area contributed by atoms with E-state index < -0.39 is 11.7 Å². The van der Waals surface area contributed by atoms with Crippen molar-refractivity contribution in [3.05, 3.63) is 89.1 Å². The number of aryl methyl sites for hydroxylation is 1. The zero-order valence-corrected chi connectivity index (χ0v) is 22.2. The predicted molar refractivity (Wildman–Crippen MR) is 147 cm³/mol. The first-order valence-corrected chi connectivity index (χ1v) is 13.1. The van der Waals surface area contributed by atoms with Crippen LogP contribution in [0.4, 0.5) is 18.3 Å². The third-order valence-electron chi connectivity index (χ3n) is 6.41. The summed E-state index contributed by atoms with van der Waals surface area (Å²) in [6.07, 6.45) is -3.99. The second kappa shape index (κ2) is 11.4. The summed E-state index contributed by atoms with van der Waals surface area (Å²) in [5, 5.41) is 25.1. The lowest BCUT2D eigenvalue weighted by molar-refractivity contribution is -0.137. The highest BCUT2D eigenvalue weighted by atomic mass is 32.1. The number of aromatic amines is 1. The highest BCUT2D eigenvalue weighted by Gasteiger charge is 2.30. The van der Waals surface area contributed by atoms with Crippen LogP contribution in [0.5, 0.6) is 5.75 Å². The molecule has 3 aromatic carbocycles. The summed E-state index contributed by atoms with van der Waals surface area (Å²) >= 11 is 1.42. The Kier molecular flexibility index (Phi) is 7.80. The van der Waals surface area contributed by atoms with E-state index in [1.807, 2.05) is 49.4 Å². The number of hydrogen-bond acceptors (Lipinski definition) is 7. The maximum Gasteiger partial charge on any atom is 0.416 e. The Morgan fingerprint density at radius 2 is 1.82 bits per heavy atom. The number of methoxy groups -OCH3 is 1. The van der Waals surface area contributed by atoms with Gasteiger partial charge in [0.1, 0.15) is 10.8 Å².